The van der Waals surface area contributed by atoms with E-state index in [0.717, 1.165) is 36.4 Å². The van der Waals surface area contributed by atoms with Crippen molar-refractivity contribution in [3.05, 3.63) is 143 Å². The second-order valence-electron chi connectivity index (χ2n) is 16.2. The fourth-order valence-corrected chi connectivity index (χ4v) is 8.97. The molecule has 404 valence electrons. The molecule has 1 aromatic heterocycles. The second kappa shape index (κ2) is 21.9. The summed E-state index contributed by atoms with van der Waals surface area (Å²) < 4.78 is 111. The molecule has 32 heteroatoms. The number of nitrogens with zero attached hydrogens (tertiary/aromatic N) is 9. The summed E-state index contributed by atoms with van der Waals surface area (Å²) in [6, 6.07) is 24.6. The number of benzene rings is 7. The monoisotopic (exact) mass is 1140 g/mol. The number of nitrogens with one attached hydrogen (secondary N) is 3. The van der Waals surface area contributed by atoms with E-state index in [9.17, 15) is 74.0 Å². The zero-order chi connectivity index (χ0) is 57.1. The molecule has 29 nitrogen and oxygen atoms in total. The van der Waals surface area contributed by atoms with E-state index in [1.54, 1.807) is 54.6 Å². The van der Waals surface area contributed by atoms with Gasteiger partial charge < -0.3 is 35.6 Å². The third-order valence-corrected chi connectivity index (χ3v) is 13.4. The highest BCUT2D eigenvalue weighted by atomic mass is 32.2. The average molecular weight is 1140 g/mol. The minimum absolute atomic E-state index is 0.00595. The molecule has 0 spiro atoms. The van der Waals surface area contributed by atoms with Gasteiger partial charge in [-0.2, -0.15) is 50.7 Å². The first-order chi connectivity index (χ1) is 37.2. The van der Waals surface area contributed by atoms with E-state index in [1.165, 1.54) is 32.2 Å². The molecule has 79 heavy (non-hydrogen) atoms. The number of phenolic OH excluding ortho intramolecular Hbond substituents is 1. The molecule has 8 aromatic rings. The molecular weight excluding hydrogens is 1100 g/mol. The number of carboxylic acids is 2. The molecule has 11 N–H and O–H groups in total. The van der Waals surface area contributed by atoms with Crippen molar-refractivity contribution in [2.24, 2.45) is 40.7 Å². The van der Waals surface area contributed by atoms with Gasteiger partial charge in [0.25, 0.3) is 30.4 Å². The van der Waals surface area contributed by atoms with Crippen LogP contribution >= 0.6 is 0 Å². The SMILES string of the molecule is COc1cc(N=Nc2cc(C(=O)O)c(O)c(S(=O)(=O)O)c2)c(C)cc1N=Nc1c(S(=O)(=O)O)cc2cc(S(=O)(=O)O)cc(N=c3[nH]c(Nc4ccc(N=Nc5ccc(O)c(C(=O)O)c5)cc4)nc(=Nc4ccccc4)[nH]3)c2c1O. The zero-order valence-electron chi connectivity index (χ0n) is 40.0. The quantitative estimate of drug-likeness (QED) is 0.0317. The van der Waals surface area contributed by atoms with Crippen LogP contribution in [0.25, 0.3) is 10.8 Å². The Kier molecular flexibility index (Phi) is 15.2. The van der Waals surface area contributed by atoms with Gasteiger partial charge in [0, 0.05) is 11.8 Å². The predicted octanol–water partition coefficient (Wildman–Crippen LogP) is 8.92. The minimum atomic E-state index is -5.36. The van der Waals surface area contributed by atoms with E-state index in [1.807, 2.05) is 0 Å². The first-order valence-corrected chi connectivity index (χ1v) is 26.2. The number of azo groups is 3. The smallest absolute Gasteiger partial charge is 0.339 e. The molecule has 0 aliphatic rings. The van der Waals surface area contributed by atoms with Gasteiger partial charge >= 0.3 is 11.9 Å². The third-order valence-electron chi connectivity index (χ3n) is 10.8. The molecule has 1 heterocycles. The summed E-state index contributed by atoms with van der Waals surface area (Å²) in [6.07, 6.45) is 0. The first kappa shape index (κ1) is 55.1. The number of aromatic carboxylic acids is 2. The van der Waals surface area contributed by atoms with Gasteiger partial charge in [-0.3, -0.25) is 23.6 Å². The van der Waals surface area contributed by atoms with Crippen LogP contribution in [0.1, 0.15) is 26.3 Å². The summed E-state index contributed by atoms with van der Waals surface area (Å²) in [5.74, 6) is -6.06. The maximum absolute atomic E-state index is 13.0. The molecule has 0 fully saturated rings. The van der Waals surface area contributed by atoms with Crippen molar-refractivity contribution in [3.8, 4) is 23.0 Å². The summed E-state index contributed by atoms with van der Waals surface area (Å²) in [6.45, 7) is 1.47. The van der Waals surface area contributed by atoms with Gasteiger partial charge in [-0.1, -0.05) is 18.2 Å². The highest BCUT2D eigenvalue weighted by molar-refractivity contribution is 7.86. The second-order valence-corrected chi connectivity index (χ2v) is 20.4. The van der Waals surface area contributed by atoms with Crippen LogP contribution in [0.4, 0.5) is 57.1 Å². The molecule has 0 amide bonds. The lowest BCUT2D eigenvalue weighted by molar-refractivity contribution is 0.0682. The predicted molar refractivity (Wildman–Crippen MR) is 275 cm³/mol. The summed E-state index contributed by atoms with van der Waals surface area (Å²) >= 11 is 0. The van der Waals surface area contributed by atoms with Crippen molar-refractivity contribution >= 4 is 110 Å². The van der Waals surface area contributed by atoms with Gasteiger partial charge in [0.05, 0.1) is 51.5 Å². The fourth-order valence-electron chi connectivity index (χ4n) is 7.15. The normalized spacial score (nSPS) is 12.8. The highest BCUT2D eigenvalue weighted by Gasteiger charge is 2.27. The number of carboxylic acid groups (broad SMARTS) is 2. The number of hydrogen-bond acceptors (Lipinski definition) is 22. The van der Waals surface area contributed by atoms with Crippen molar-refractivity contribution < 1.29 is 78.8 Å². The third kappa shape index (κ3) is 12.8. The Balaban J connectivity index is 1.22. The topological polar surface area (TPSA) is 463 Å². The molecule has 0 radical (unpaired) electrons. The van der Waals surface area contributed by atoms with Gasteiger partial charge in [-0.25, -0.2) is 19.6 Å². The molecule has 0 saturated carbocycles. The van der Waals surface area contributed by atoms with Crippen molar-refractivity contribution in [2.75, 3.05) is 12.4 Å². The van der Waals surface area contributed by atoms with Crippen LogP contribution < -0.4 is 21.3 Å². The number of aromatic nitrogens is 3. The Bertz CT molecular complexity index is 4420. The van der Waals surface area contributed by atoms with E-state index in [0.29, 0.717) is 23.1 Å². The van der Waals surface area contributed by atoms with Gasteiger partial charge in [-0.15, -0.1) is 10.2 Å². The number of methoxy groups -OCH3 is 1. The Labute approximate surface area is 443 Å². The minimum Gasteiger partial charge on any atom is -0.507 e. The molecule has 0 unspecified atom stereocenters. The summed E-state index contributed by atoms with van der Waals surface area (Å²) in [7, 11) is -14.4. The number of para-hydroxylation sites is 1. The lowest BCUT2D eigenvalue weighted by atomic mass is 10.1. The van der Waals surface area contributed by atoms with Crippen LogP contribution in [0.5, 0.6) is 23.0 Å². The van der Waals surface area contributed by atoms with Gasteiger partial charge in [0.15, 0.2) is 11.5 Å². The maximum Gasteiger partial charge on any atom is 0.339 e. The Hall–Kier alpha value is -10.1. The van der Waals surface area contributed by atoms with Crippen molar-refractivity contribution in [1.29, 1.82) is 0 Å². The fraction of sp³-hybridized carbons (Fsp3) is 0.0426. The molecule has 0 atom stereocenters. The van der Waals surface area contributed by atoms with Crippen LogP contribution in [0, 0.1) is 6.92 Å². The number of rotatable bonds is 16. The zero-order valence-corrected chi connectivity index (χ0v) is 42.4. The molecule has 0 aliphatic heterocycles. The van der Waals surface area contributed by atoms with Gasteiger partial charge in [-0.05, 0) is 109 Å². The van der Waals surface area contributed by atoms with Crippen LogP contribution in [0.3, 0.4) is 0 Å². The first-order valence-electron chi connectivity index (χ1n) is 21.8. The standard InChI is InChI=1S/C47H36N12O17S3/c1-22-14-33(36(76-2)21-32(22)57-56-28-18-31(44(65)66)41(61)38(19-28)79(73,74)75)58-59-40-37(78(70,71)72)16-23-15-29(77(67,68)69)20-34(39(23)42(40)62)50-47-52-45(48-24-6-4-3-5-7-24)51-46(53-47)49-25-8-10-26(11-9-25)54-55-27-12-13-35(60)30(17-27)43(63)64/h3-21,60-62H,1-2H3,(H,63,64)(H,65,66)(H,67,68,69)(H,70,71,72)(H,73,74,75)(H3,48,49,50,51,52,53). The van der Waals surface area contributed by atoms with Crippen LogP contribution in [0.15, 0.2) is 171 Å². The number of ether oxygens (including phenoxy) is 1. The number of hydrogen-bond donors (Lipinski definition) is 11. The number of aromatic amines is 2. The van der Waals surface area contributed by atoms with Crippen molar-refractivity contribution in [3.63, 3.8) is 0 Å². The number of phenols is 3. The summed E-state index contributed by atoms with van der Waals surface area (Å²) in [4.78, 5) is 39.2. The Morgan fingerprint density at radius 3 is 1.86 bits per heavy atom. The van der Waals surface area contributed by atoms with Crippen LogP contribution in [-0.4, -0.2) is 98.4 Å². The summed E-state index contributed by atoms with van der Waals surface area (Å²) in [5.41, 5.74) is -2.15. The number of aromatic hydroxyl groups is 3. The molecular formula is C47H36N12O17S3. The van der Waals surface area contributed by atoms with E-state index in [-0.39, 0.29) is 51.1 Å². The van der Waals surface area contributed by atoms with Crippen LogP contribution in [-0.2, 0) is 30.4 Å². The van der Waals surface area contributed by atoms with E-state index >= 15 is 0 Å². The van der Waals surface area contributed by atoms with E-state index in [2.05, 4.69) is 60.9 Å². The number of anilines is 2. The Morgan fingerprint density at radius 1 is 0.582 bits per heavy atom. The molecule has 7 aromatic carbocycles. The molecule has 0 aliphatic carbocycles. The summed E-state index contributed by atoms with van der Waals surface area (Å²) in [5, 5.41) is 76.9. The lowest BCUT2D eigenvalue weighted by Gasteiger charge is -2.12. The van der Waals surface area contributed by atoms with Gasteiger partial charge in [0.1, 0.15) is 43.8 Å². The average Bonchev–Trinajstić information content (AvgIpc) is 3.55. The largest absolute Gasteiger partial charge is 0.507 e. The van der Waals surface area contributed by atoms with E-state index in [4.69, 9.17) is 4.74 Å². The number of carbonyl (C=O) groups is 2. The number of fused-ring (bicyclic) bond motifs is 1. The number of H-pyrrole nitrogens is 2. The Morgan fingerprint density at radius 2 is 1.22 bits per heavy atom. The van der Waals surface area contributed by atoms with Crippen molar-refractivity contribution in [1.82, 2.24) is 15.0 Å². The van der Waals surface area contributed by atoms with Gasteiger partial charge in [0.2, 0.25) is 17.2 Å². The molecule has 0 bridgehead atoms. The van der Waals surface area contributed by atoms with Crippen LogP contribution in [0.2, 0.25) is 0 Å². The van der Waals surface area contributed by atoms with Crippen molar-refractivity contribution in [2.45, 2.75) is 21.6 Å². The van der Waals surface area contributed by atoms with E-state index < -0.39 is 108 Å². The molecule has 0 saturated heterocycles. The highest BCUT2D eigenvalue weighted by Crippen LogP contribution is 2.47. The molecule has 8 rings (SSSR count). The maximum atomic E-state index is 13.0. The lowest BCUT2D eigenvalue weighted by Crippen LogP contribution is -2.28. The number of aryl methyl sites for hydroxylation is 1.